The largest absolute Gasteiger partial charge is 0.449 e. The van der Waals surface area contributed by atoms with E-state index in [4.69, 9.17) is 10.00 Å². The number of benzene rings is 1. The summed E-state index contributed by atoms with van der Waals surface area (Å²) in [6, 6.07) is 5.60. The molecule has 0 unspecified atom stereocenters. The molecule has 4 nitrogen and oxygen atoms in total. The Balaban J connectivity index is 2.63. The van der Waals surface area contributed by atoms with Crippen LogP contribution in [0.1, 0.15) is 19.4 Å². The zero-order valence-electron chi connectivity index (χ0n) is 9.66. The van der Waals surface area contributed by atoms with Gasteiger partial charge in [0.25, 0.3) is 0 Å². The van der Waals surface area contributed by atoms with Gasteiger partial charge in [0.05, 0.1) is 23.9 Å². The quantitative estimate of drug-likeness (QED) is 0.877. The molecule has 5 heteroatoms. The SMILES string of the molecule is CC(C)COC(=O)Nc1ccc(C#N)cc1F. The van der Waals surface area contributed by atoms with Crippen LogP contribution < -0.4 is 5.32 Å². The first-order valence-corrected chi connectivity index (χ1v) is 5.16. The van der Waals surface area contributed by atoms with Crippen LogP contribution in [0.3, 0.4) is 0 Å². The van der Waals surface area contributed by atoms with Gasteiger partial charge in [-0.25, -0.2) is 9.18 Å². The van der Waals surface area contributed by atoms with Crippen molar-refractivity contribution in [2.75, 3.05) is 11.9 Å². The molecule has 0 bridgehead atoms. The van der Waals surface area contributed by atoms with Crippen LogP contribution in [-0.2, 0) is 4.74 Å². The van der Waals surface area contributed by atoms with Crippen LogP contribution in [0.4, 0.5) is 14.9 Å². The van der Waals surface area contributed by atoms with Gasteiger partial charge in [-0.1, -0.05) is 13.8 Å². The lowest BCUT2D eigenvalue weighted by molar-refractivity contribution is 0.147. The summed E-state index contributed by atoms with van der Waals surface area (Å²) in [5.41, 5.74) is 0.196. The van der Waals surface area contributed by atoms with Crippen LogP contribution in [-0.4, -0.2) is 12.7 Å². The van der Waals surface area contributed by atoms with Crippen molar-refractivity contribution >= 4 is 11.8 Å². The number of carbonyl (C=O) groups is 1. The molecule has 0 heterocycles. The average Bonchev–Trinajstić information content (AvgIpc) is 2.29. The third kappa shape index (κ3) is 4.11. The zero-order valence-corrected chi connectivity index (χ0v) is 9.66. The summed E-state index contributed by atoms with van der Waals surface area (Å²) in [4.78, 5) is 11.3. The van der Waals surface area contributed by atoms with Gasteiger partial charge in [-0.05, 0) is 24.1 Å². The molecule has 0 aliphatic heterocycles. The van der Waals surface area contributed by atoms with Gasteiger partial charge in [0.2, 0.25) is 0 Å². The van der Waals surface area contributed by atoms with E-state index in [-0.39, 0.29) is 23.8 Å². The Bertz CT molecular complexity index is 452. The van der Waals surface area contributed by atoms with Gasteiger partial charge in [0.15, 0.2) is 0 Å². The molecule has 0 aromatic heterocycles. The van der Waals surface area contributed by atoms with Gasteiger partial charge < -0.3 is 4.74 Å². The van der Waals surface area contributed by atoms with E-state index in [0.717, 1.165) is 6.07 Å². The number of ether oxygens (including phenoxy) is 1. The lowest BCUT2D eigenvalue weighted by atomic mass is 10.2. The first kappa shape index (κ1) is 13.0. The summed E-state index contributed by atoms with van der Waals surface area (Å²) in [6.45, 7) is 4.06. The monoisotopic (exact) mass is 236 g/mol. The van der Waals surface area contributed by atoms with Crippen LogP contribution in [0.2, 0.25) is 0 Å². The van der Waals surface area contributed by atoms with Gasteiger partial charge in [-0.15, -0.1) is 0 Å². The molecule has 1 aromatic rings. The second kappa shape index (κ2) is 5.85. The van der Waals surface area contributed by atoms with E-state index in [1.807, 2.05) is 13.8 Å². The summed E-state index contributed by atoms with van der Waals surface area (Å²) in [7, 11) is 0. The highest BCUT2D eigenvalue weighted by atomic mass is 19.1. The number of halogens is 1. The highest BCUT2D eigenvalue weighted by Crippen LogP contribution is 2.15. The summed E-state index contributed by atoms with van der Waals surface area (Å²) in [5.74, 6) is -0.447. The Kier molecular flexibility index (Phi) is 4.46. The van der Waals surface area contributed by atoms with Crippen molar-refractivity contribution in [1.82, 2.24) is 0 Å². The molecule has 1 aromatic carbocycles. The lowest BCUT2D eigenvalue weighted by Gasteiger charge is -2.09. The third-order valence-electron chi connectivity index (χ3n) is 1.88. The number of hydrogen-bond donors (Lipinski definition) is 1. The Hall–Kier alpha value is -2.09. The highest BCUT2D eigenvalue weighted by Gasteiger charge is 2.09. The van der Waals surface area contributed by atoms with Crippen molar-refractivity contribution < 1.29 is 13.9 Å². The average molecular weight is 236 g/mol. The molecule has 0 spiro atoms. The maximum atomic E-state index is 13.4. The van der Waals surface area contributed by atoms with Crippen molar-refractivity contribution in [2.24, 2.45) is 5.92 Å². The topological polar surface area (TPSA) is 62.1 Å². The molecule has 0 aliphatic carbocycles. The number of anilines is 1. The number of rotatable bonds is 3. The minimum absolute atomic E-state index is 0.00208. The molecule has 0 radical (unpaired) electrons. The van der Waals surface area contributed by atoms with Crippen LogP contribution in [0.5, 0.6) is 0 Å². The number of nitrogens with one attached hydrogen (secondary N) is 1. The van der Waals surface area contributed by atoms with Crippen LogP contribution in [0, 0.1) is 23.1 Å². The standard InChI is InChI=1S/C12H13FN2O2/c1-8(2)7-17-12(16)15-11-4-3-9(6-14)5-10(11)13/h3-5,8H,7H2,1-2H3,(H,15,16). The molecule has 17 heavy (non-hydrogen) atoms. The molecule has 1 rings (SSSR count). The molecule has 0 atom stereocenters. The van der Waals surface area contributed by atoms with Gasteiger partial charge in [-0.3, -0.25) is 5.32 Å². The Morgan fingerprint density at radius 1 is 1.59 bits per heavy atom. The van der Waals surface area contributed by atoms with Crippen molar-refractivity contribution in [3.05, 3.63) is 29.6 Å². The first-order valence-electron chi connectivity index (χ1n) is 5.16. The van der Waals surface area contributed by atoms with Gasteiger partial charge in [0.1, 0.15) is 5.82 Å². The van der Waals surface area contributed by atoms with E-state index in [0.29, 0.717) is 0 Å². The smallest absolute Gasteiger partial charge is 0.411 e. The van der Waals surface area contributed by atoms with E-state index < -0.39 is 11.9 Å². The Morgan fingerprint density at radius 2 is 2.29 bits per heavy atom. The van der Waals surface area contributed by atoms with Crippen LogP contribution in [0.25, 0.3) is 0 Å². The molecule has 0 saturated heterocycles. The molecule has 0 fully saturated rings. The van der Waals surface area contributed by atoms with Crippen molar-refractivity contribution in [3.8, 4) is 6.07 Å². The summed E-state index contributed by atoms with van der Waals surface area (Å²) in [6.07, 6.45) is -0.706. The van der Waals surface area contributed by atoms with Crippen molar-refractivity contribution in [3.63, 3.8) is 0 Å². The zero-order chi connectivity index (χ0) is 12.8. The first-order chi connectivity index (χ1) is 8.02. The van der Waals surface area contributed by atoms with E-state index >= 15 is 0 Å². The molecule has 1 N–H and O–H groups in total. The molecule has 0 aliphatic rings. The normalized spacial score (nSPS) is 9.82. The van der Waals surface area contributed by atoms with Crippen molar-refractivity contribution in [2.45, 2.75) is 13.8 Å². The van der Waals surface area contributed by atoms with E-state index in [1.165, 1.54) is 12.1 Å². The van der Waals surface area contributed by atoms with Gasteiger partial charge >= 0.3 is 6.09 Å². The number of nitriles is 1. The predicted molar refractivity (Wildman–Crippen MR) is 60.9 cm³/mol. The number of hydrogen-bond acceptors (Lipinski definition) is 3. The minimum atomic E-state index is -0.706. The fourth-order valence-electron chi connectivity index (χ4n) is 1.07. The summed E-state index contributed by atoms with van der Waals surface area (Å²) in [5, 5.41) is 10.8. The third-order valence-corrected chi connectivity index (χ3v) is 1.88. The fraction of sp³-hybridized carbons (Fsp3) is 0.333. The summed E-state index contributed by atoms with van der Waals surface area (Å²) < 4.78 is 18.2. The highest BCUT2D eigenvalue weighted by molar-refractivity contribution is 5.84. The number of amides is 1. The number of nitrogens with zero attached hydrogens (tertiary/aromatic N) is 1. The minimum Gasteiger partial charge on any atom is -0.449 e. The van der Waals surface area contributed by atoms with Gasteiger partial charge in [0, 0.05) is 0 Å². The van der Waals surface area contributed by atoms with E-state index in [2.05, 4.69) is 5.32 Å². The Morgan fingerprint density at radius 3 is 2.82 bits per heavy atom. The van der Waals surface area contributed by atoms with E-state index in [9.17, 15) is 9.18 Å². The molecule has 1 amide bonds. The molecule has 90 valence electrons. The van der Waals surface area contributed by atoms with Crippen LogP contribution in [0.15, 0.2) is 18.2 Å². The Labute approximate surface area is 99.0 Å². The van der Waals surface area contributed by atoms with Crippen LogP contribution >= 0.6 is 0 Å². The van der Waals surface area contributed by atoms with Crippen molar-refractivity contribution in [1.29, 1.82) is 5.26 Å². The predicted octanol–water partition coefficient (Wildman–Crippen LogP) is 2.90. The van der Waals surface area contributed by atoms with Gasteiger partial charge in [-0.2, -0.15) is 5.26 Å². The molecule has 0 saturated carbocycles. The lowest BCUT2D eigenvalue weighted by Crippen LogP contribution is -2.17. The second-order valence-corrected chi connectivity index (χ2v) is 3.92. The summed E-state index contributed by atoms with van der Waals surface area (Å²) >= 11 is 0. The molecular formula is C12H13FN2O2. The maximum absolute atomic E-state index is 13.4. The molecular weight excluding hydrogens is 223 g/mol. The second-order valence-electron chi connectivity index (χ2n) is 3.92. The van der Waals surface area contributed by atoms with E-state index in [1.54, 1.807) is 6.07 Å². The fourth-order valence-corrected chi connectivity index (χ4v) is 1.07. The number of carbonyl (C=O) groups excluding carboxylic acids is 1. The maximum Gasteiger partial charge on any atom is 0.411 e.